The first-order chi connectivity index (χ1) is 17.9. The summed E-state index contributed by atoms with van der Waals surface area (Å²) in [6.07, 6.45) is 9.27. The third kappa shape index (κ3) is 6.38. The van der Waals surface area contributed by atoms with Crippen LogP contribution in [0.1, 0.15) is 107 Å². The third-order valence-electron chi connectivity index (χ3n) is 7.89. The van der Waals surface area contributed by atoms with Gasteiger partial charge < -0.3 is 25.5 Å². The molecule has 0 unspecified atom stereocenters. The summed E-state index contributed by atoms with van der Waals surface area (Å²) in [5.74, 6) is -0.0248. The lowest BCUT2D eigenvalue weighted by atomic mass is 9.71. The van der Waals surface area contributed by atoms with Crippen LogP contribution >= 0.6 is 0 Å². The smallest absolute Gasteiger partial charge is 0.123 e. The molecule has 3 aromatic rings. The van der Waals surface area contributed by atoms with Crippen molar-refractivity contribution in [1.29, 1.82) is 0 Å². The van der Waals surface area contributed by atoms with E-state index in [4.69, 9.17) is 0 Å². The van der Waals surface area contributed by atoms with Gasteiger partial charge >= 0.3 is 0 Å². The summed E-state index contributed by atoms with van der Waals surface area (Å²) in [6.45, 7) is 10.0. The number of hydrogen-bond donors (Lipinski definition) is 5. The highest BCUT2D eigenvalue weighted by molar-refractivity contribution is 5.59. The second-order valence-electron chi connectivity index (χ2n) is 11.6. The molecule has 0 bridgehead atoms. The van der Waals surface area contributed by atoms with Crippen LogP contribution in [-0.2, 0) is 17.3 Å². The Kier molecular flexibility index (Phi) is 9.24. The van der Waals surface area contributed by atoms with E-state index in [1.165, 1.54) is 56.4 Å². The van der Waals surface area contributed by atoms with Gasteiger partial charge in [-0.1, -0.05) is 97.4 Å². The minimum Gasteiger partial charge on any atom is -0.508 e. The van der Waals surface area contributed by atoms with Crippen LogP contribution in [0.25, 0.3) is 0 Å². The molecule has 0 heterocycles. The molecule has 5 N–H and O–H groups in total. The van der Waals surface area contributed by atoms with Crippen molar-refractivity contribution in [3.63, 3.8) is 0 Å². The lowest BCUT2D eigenvalue weighted by molar-refractivity contribution is 0.413. The van der Waals surface area contributed by atoms with E-state index >= 15 is 0 Å². The molecule has 0 saturated heterocycles. The lowest BCUT2D eigenvalue weighted by Crippen LogP contribution is -2.24. The molecule has 0 fully saturated rings. The summed E-state index contributed by atoms with van der Waals surface area (Å²) < 4.78 is 0. The van der Waals surface area contributed by atoms with E-state index in [2.05, 4.69) is 6.92 Å². The van der Waals surface area contributed by atoms with Gasteiger partial charge in [-0.3, -0.25) is 0 Å². The fourth-order valence-electron chi connectivity index (χ4n) is 5.46. The van der Waals surface area contributed by atoms with E-state index < -0.39 is 10.8 Å². The van der Waals surface area contributed by atoms with Gasteiger partial charge in [-0.15, -0.1) is 0 Å². The molecule has 5 heteroatoms. The molecule has 0 atom stereocenters. The van der Waals surface area contributed by atoms with Crippen molar-refractivity contribution in [2.75, 3.05) is 0 Å². The maximum Gasteiger partial charge on any atom is 0.123 e. The monoisotopic (exact) mass is 520 g/mol. The number of hydrogen-bond acceptors (Lipinski definition) is 5. The summed E-state index contributed by atoms with van der Waals surface area (Å²) in [5.41, 5.74) is 2.05. The van der Waals surface area contributed by atoms with Crippen LogP contribution < -0.4 is 0 Å². The molecule has 206 valence electrons. The predicted molar refractivity (Wildman–Crippen MR) is 154 cm³/mol. The van der Waals surface area contributed by atoms with Gasteiger partial charge in [0.25, 0.3) is 0 Å². The van der Waals surface area contributed by atoms with Crippen LogP contribution in [0.15, 0.2) is 48.5 Å². The van der Waals surface area contributed by atoms with Crippen molar-refractivity contribution in [2.24, 2.45) is 0 Å². The Morgan fingerprint density at radius 3 is 1.37 bits per heavy atom. The van der Waals surface area contributed by atoms with Crippen molar-refractivity contribution >= 4 is 0 Å². The molecular weight excluding hydrogens is 476 g/mol. The van der Waals surface area contributed by atoms with Crippen molar-refractivity contribution in [3.05, 3.63) is 76.3 Å². The number of unbranched alkanes of at least 4 members (excludes halogenated alkanes) is 6. The molecule has 3 aromatic carbocycles. The van der Waals surface area contributed by atoms with Crippen molar-refractivity contribution < 1.29 is 25.5 Å². The molecule has 0 aliphatic rings. The molecule has 0 amide bonds. The normalized spacial score (nSPS) is 12.1. The summed E-state index contributed by atoms with van der Waals surface area (Å²) in [4.78, 5) is 0. The molecule has 0 aromatic heterocycles. The van der Waals surface area contributed by atoms with E-state index in [0.29, 0.717) is 22.3 Å². The van der Waals surface area contributed by atoms with Gasteiger partial charge in [0.15, 0.2) is 0 Å². The molecule has 0 aliphatic carbocycles. The summed E-state index contributed by atoms with van der Waals surface area (Å²) in [6, 6.07) is 13.1. The summed E-state index contributed by atoms with van der Waals surface area (Å²) in [7, 11) is 0. The third-order valence-corrected chi connectivity index (χ3v) is 7.89. The molecule has 0 aliphatic heterocycles. The molecule has 0 spiro atoms. The number of aromatic hydroxyl groups is 5. The highest BCUT2D eigenvalue weighted by Gasteiger charge is 2.35. The van der Waals surface area contributed by atoms with E-state index in [1.807, 2.05) is 39.8 Å². The topological polar surface area (TPSA) is 101 Å². The maximum atomic E-state index is 11.7. The Hall–Kier alpha value is -3.34. The van der Waals surface area contributed by atoms with Gasteiger partial charge in [-0.05, 0) is 30.5 Å². The first-order valence-corrected chi connectivity index (χ1v) is 13.8. The second kappa shape index (κ2) is 12.0. The molecular formula is C33H44O5. The number of benzene rings is 3. The SMILES string of the molecule is CCCCCCCCCc1cc(C(C)(C)c2ccc(O)cc2O)c(O)c(C(C)(C)c2ccc(O)cc2O)c1. The molecule has 0 saturated carbocycles. The van der Waals surface area contributed by atoms with Crippen molar-refractivity contribution in [1.82, 2.24) is 0 Å². The van der Waals surface area contributed by atoms with Crippen molar-refractivity contribution in [3.8, 4) is 28.7 Å². The average Bonchev–Trinajstić information content (AvgIpc) is 2.83. The fraction of sp³-hybridized carbons (Fsp3) is 0.455. The largest absolute Gasteiger partial charge is 0.508 e. The number of phenolic OH excluding ortho intramolecular Hbond substituents is 5. The highest BCUT2D eigenvalue weighted by atomic mass is 16.3. The zero-order chi connectivity index (χ0) is 28.1. The standard InChI is InChI=1S/C33H44O5/c1-6-7-8-9-10-11-12-13-22-18-27(32(2,3)25-16-14-23(34)20-29(25)36)31(38)28(19-22)33(4,5)26-17-15-24(35)21-30(26)37/h14-21,34-38H,6-13H2,1-5H3. The van der Waals surface area contributed by atoms with E-state index in [1.54, 1.807) is 12.1 Å². The van der Waals surface area contributed by atoms with Crippen LogP contribution in [0.5, 0.6) is 28.7 Å². The van der Waals surface area contributed by atoms with Crippen molar-refractivity contribution in [2.45, 2.75) is 96.8 Å². The van der Waals surface area contributed by atoms with Gasteiger partial charge in [0.05, 0.1) is 0 Å². The van der Waals surface area contributed by atoms with Crippen LogP contribution in [0.2, 0.25) is 0 Å². The van der Waals surface area contributed by atoms with Crippen LogP contribution in [-0.4, -0.2) is 25.5 Å². The van der Waals surface area contributed by atoms with Gasteiger partial charge in [0, 0.05) is 45.2 Å². The van der Waals surface area contributed by atoms with E-state index in [9.17, 15) is 25.5 Å². The Labute approximate surface area is 227 Å². The zero-order valence-corrected chi connectivity index (χ0v) is 23.5. The second-order valence-corrected chi connectivity index (χ2v) is 11.6. The number of phenols is 5. The Morgan fingerprint density at radius 2 is 0.947 bits per heavy atom. The predicted octanol–water partition coefficient (Wildman–Crippen LogP) is 8.16. The van der Waals surface area contributed by atoms with Gasteiger partial charge in [-0.25, -0.2) is 0 Å². The molecule has 3 rings (SSSR count). The quantitative estimate of drug-likeness (QED) is 0.155. The number of rotatable bonds is 12. The lowest BCUT2D eigenvalue weighted by Gasteiger charge is -2.33. The number of aryl methyl sites for hydroxylation is 1. The van der Waals surface area contributed by atoms with Crippen LogP contribution in [0.4, 0.5) is 0 Å². The maximum absolute atomic E-state index is 11.7. The Morgan fingerprint density at radius 1 is 0.526 bits per heavy atom. The summed E-state index contributed by atoms with van der Waals surface area (Å²) in [5, 5.41) is 52.8. The fourth-order valence-corrected chi connectivity index (χ4v) is 5.46. The van der Waals surface area contributed by atoms with E-state index in [0.717, 1.165) is 24.8 Å². The van der Waals surface area contributed by atoms with E-state index in [-0.39, 0.29) is 28.7 Å². The zero-order valence-electron chi connectivity index (χ0n) is 23.5. The Bertz CT molecular complexity index is 1160. The minimum absolute atomic E-state index is 0.0245. The molecule has 0 radical (unpaired) electrons. The molecule has 5 nitrogen and oxygen atoms in total. The Balaban J connectivity index is 2.07. The first-order valence-electron chi connectivity index (χ1n) is 13.8. The summed E-state index contributed by atoms with van der Waals surface area (Å²) >= 11 is 0. The highest BCUT2D eigenvalue weighted by Crippen LogP contribution is 2.48. The average molecular weight is 521 g/mol. The van der Waals surface area contributed by atoms with Gasteiger partial charge in [0.1, 0.15) is 28.7 Å². The molecule has 38 heavy (non-hydrogen) atoms. The van der Waals surface area contributed by atoms with Gasteiger partial charge in [0.2, 0.25) is 0 Å². The first kappa shape index (κ1) is 29.2. The van der Waals surface area contributed by atoms with Gasteiger partial charge in [-0.2, -0.15) is 0 Å². The van der Waals surface area contributed by atoms with Crippen LogP contribution in [0, 0.1) is 0 Å². The van der Waals surface area contributed by atoms with Crippen LogP contribution in [0.3, 0.4) is 0 Å². The minimum atomic E-state index is -0.778.